The van der Waals surface area contributed by atoms with Crippen LogP contribution in [0.2, 0.25) is 0 Å². The summed E-state index contributed by atoms with van der Waals surface area (Å²) in [6.07, 6.45) is 17.3. The molecule has 29 heavy (non-hydrogen) atoms. The standard InChI is InChI=1S/C28H51N/c1-19(2)8-7-9-20(3)23-10-11-24-27(23,5)17-14-25-26(4)16-13-22(29)18-21(26)12-15-28(24,25)6/h19-25H,7-18,29H2,1-6H3/t20-,21+,22-,23-,24-,25-,26+,27-,28+/m1/s1. The molecule has 4 aliphatic rings. The van der Waals surface area contributed by atoms with Gasteiger partial charge in [-0.1, -0.05) is 60.8 Å². The van der Waals surface area contributed by atoms with Crippen LogP contribution in [0.5, 0.6) is 0 Å². The number of rotatable bonds is 5. The van der Waals surface area contributed by atoms with Gasteiger partial charge in [-0.15, -0.1) is 0 Å². The lowest BCUT2D eigenvalue weighted by atomic mass is 9.39. The zero-order valence-electron chi connectivity index (χ0n) is 20.6. The van der Waals surface area contributed by atoms with E-state index in [4.69, 9.17) is 5.73 Å². The molecule has 0 radical (unpaired) electrons. The van der Waals surface area contributed by atoms with Crippen molar-refractivity contribution in [1.82, 2.24) is 0 Å². The Morgan fingerprint density at radius 1 is 0.759 bits per heavy atom. The lowest BCUT2D eigenvalue weighted by molar-refractivity contribution is -0.168. The molecule has 9 atom stereocenters. The fourth-order valence-corrected chi connectivity index (χ4v) is 9.99. The predicted molar refractivity (Wildman–Crippen MR) is 126 cm³/mol. The summed E-state index contributed by atoms with van der Waals surface area (Å²) >= 11 is 0. The normalized spacial score (nSPS) is 50.7. The van der Waals surface area contributed by atoms with E-state index >= 15 is 0 Å². The number of hydrogen-bond donors (Lipinski definition) is 1. The van der Waals surface area contributed by atoms with E-state index < -0.39 is 0 Å². The molecule has 0 aromatic carbocycles. The van der Waals surface area contributed by atoms with E-state index in [9.17, 15) is 0 Å². The third kappa shape index (κ3) is 3.54. The second-order valence-electron chi connectivity index (χ2n) is 13.4. The second kappa shape index (κ2) is 7.83. The Bertz CT molecular complexity index is 583. The van der Waals surface area contributed by atoms with Crippen LogP contribution < -0.4 is 5.73 Å². The van der Waals surface area contributed by atoms with Crippen molar-refractivity contribution < 1.29 is 0 Å². The summed E-state index contributed by atoms with van der Waals surface area (Å²) in [5.41, 5.74) is 8.19. The first-order valence-electron chi connectivity index (χ1n) is 13.4. The van der Waals surface area contributed by atoms with E-state index in [1.165, 1.54) is 77.0 Å². The van der Waals surface area contributed by atoms with Crippen LogP contribution >= 0.6 is 0 Å². The van der Waals surface area contributed by atoms with Crippen molar-refractivity contribution in [2.24, 2.45) is 57.5 Å². The van der Waals surface area contributed by atoms with Gasteiger partial charge in [0.25, 0.3) is 0 Å². The highest BCUT2D eigenvalue weighted by atomic mass is 14.7. The van der Waals surface area contributed by atoms with Gasteiger partial charge in [-0.05, 0) is 110 Å². The maximum absolute atomic E-state index is 6.42. The molecule has 0 unspecified atom stereocenters. The van der Waals surface area contributed by atoms with Gasteiger partial charge in [-0.2, -0.15) is 0 Å². The third-order valence-corrected chi connectivity index (χ3v) is 11.5. The van der Waals surface area contributed by atoms with Gasteiger partial charge in [0, 0.05) is 6.04 Å². The quantitative estimate of drug-likeness (QED) is 0.499. The van der Waals surface area contributed by atoms with Crippen LogP contribution in [0.25, 0.3) is 0 Å². The van der Waals surface area contributed by atoms with Gasteiger partial charge in [0.15, 0.2) is 0 Å². The Labute approximate surface area is 182 Å². The lowest BCUT2D eigenvalue weighted by Gasteiger charge is -2.66. The molecule has 168 valence electrons. The number of hydrogen-bond acceptors (Lipinski definition) is 1. The molecule has 0 heterocycles. The fraction of sp³-hybridized carbons (Fsp3) is 1.00. The van der Waals surface area contributed by atoms with Crippen LogP contribution in [0.4, 0.5) is 0 Å². The molecule has 1 heteroatoms. The summed E-state index contributed by atoms with van der Waals surface area (Å²) in [4.78, 5) is 0. The van der Waals surface area contributed by atoms with Crippen molar-refractivity contribution >= 4 is 0 Å². The van der Waals surface area contributed by atoms with Crippen molar-refractivity contribution in [3.05, 3.63) is 0 Å². The Morgan fingerprint density at radius 3 is 2.14 bits per heavy atom. The molecule has 0 aromatic heterocycles. The summed E-state index contributed by atoms with van der Waals surface area (Å²) in [6.45, 7) is 15.6. The van der Waals surface area contributed by atoms with E-state index in [0.29, 0.717) is 22.3 Å². The first-order chi connectivity index (χ1) is 13.6. The van der Waals surface area contributed by atoms with Gasteiger partial charge in [0.2, 0.25) is 0 Å². The maximum atomic E-state index is 6.42. The Kier molecular flexibility index (Phi) is 5.98. The van der Waals surface area contributed by atoms with Crippen molar-refractivity contribution in [2.75, 3.05) is 0 Å². The largest absolute Gasteiger partial charge is 0.328 e. The fourth-order valence-electron chi connectivity index (χ4n) is 9.99. The van der Waals surface area contributed by atoms with Crippen molar-refractivity contribution in [3.63, 3.8) is 0 Å². The first kappa shape index (κ1) is 22.2. The van der Waals surface area contributed by atoms with Crippen LogP contribution in [0.3, 0.4) is 0 Å². The number of fused-ring (bicyclic) bond motifs is 5. The van der Waals surface area contributed by atoms with E-state index in [0.717, 1.165) is 35.5 Å². The van der Waals surface area contributed by atoms with Crippen LogP contribution in [0, 0.1) is 51.8 Å². The number of nitrogens with two attached hydrogens (primary N) is 1. The maximum Gasteiger partial charge on any atom is 0.00418 e. The highest BCUT2D eigenvalue weighted by molar-refractivity contribution is 5.14. The van der Waals surface area contributed by atoms with Gasteiger partial charge in [-0.25, -0.2) is 0 Å². The average molecular weight is 402 g/mol. The minimum atomic E-state index is 0.480. The average Bonchev–Trinajstić information content (AvgIpc) is 3.00. The SMILES string of the molecule is CC(C)CCC[C@@H](C)[C@H]1CC[C@H]2[C@]3(C)CC[C@H]4C[C@H](N)CC[C@]4(C)[C@H]3CC[C@@]21C. The third-order valence-electron chi connectivity index (χ3n) is 11.5. The molecule has 4 saturated carbocycles. The monoisotopic (exact) mass is 401 g/mol. The molecule has 4 fully saturated rings. The summed E-state index contributed by atoms with van der Waals surface area (Å²) in [5, 5.41) is 0. The van der Waals surface area contributed by atoms with Gasteiger partial charge in [-0.3, -0.25) is 0 Å². The molecule has 0 spiro atoms. The van der Waals surface area contributed by atoms with Gasteiger partial charge in [0.1, 0.15) is 0 Å². The molecule has 0 aliphatic heterocycles. The molecule has 0 aromatic rings. The Balaban J connectivity index is 1.52. The summed E-state index contributed by atoms with van der Waals surface area (Å²) in [7, 11) is 0. The molecular formula is C28H51N. The molecule has 4 aliphatic carbocycles. The summed E-state index contributed by atoms with van der Waals surface area (Å²) in [5.74, 6) is 5.59. The first-order valence-corrected chi connectivity index (χ1v) is 13.4. The zero-order valence-corrected chi connectivity index (χ0v) is 20.6. The van der Waals surface area contributed by atoms with E-state index in [1.807, 2.05) is 0 Å². The summed E-state index contributed by atoms with van der Waals surface area (Å²) < 4.78 is 0. The van der Waals surface area contributed by atoms with Gasteiger partial charge < -0.3 is 5.73 Å². The highest BCUT2D eigenvalue weighted by Gasteiger charge is 2.65. The molecule has 0 saturated heterocycles. The van der Waals surface area contributed by atoms with Crippen molar-refractivity contribution in [3.8, 4) is 0 Å². The predicted octanol–water partition coefficient (Wildman–Crippen LogP) is 7.83. The molecule has 2 N–H and O–H groups in total. The van der Waals surface area contributed by atoms with E-state index in [-0.39, 0.29) is 0 Å². The van der Waals surface area contributed by atoms with Gasteiger partial charge >= 0.3 is 0 Å². The van der Waals surface area contributed by atoms with Crippen molar-refractivity contribution in [2.45, 2.75) is 125 Å². The topological polar surface area (TPSA) is 26.0 Å². The zero-order chi connectivity index (χ0) is 21.0. The lowest BCUT2D eigenvalue weighted by Crippen LogP contribution is -2.59. The highest BCUT2D eigenvalue weighted by Crippen LogP contribution is 2.72. The minimum absolute atomic E-state index is 0.480. The van der Waals surface area contributed by atoms with Crippen LogP contribution in [0.15, 0.2) is 0 Å². The smallest absolute Gasteiger partial charge is 0.00418 e. The molecular weight excluding hydrogens is 350 g/mol. The van der Waals surface area contributed by atoms with Crippen molar-refractivity contribution in [1.29, 1.82) is 0 Å². The van der Waals surface area contributed by atoms with Crippen LogP contribution in [0.1, 0.15) is 119 Å². The second-order valence-corrected chi connectivity index (χ2v) is 13.4. The molecule has 0 bridgehead atoms. The van der Waals surface area contributed by atoms with Crippen LogP contribution in [-0.2, 0) is 0 Å². The van der Waals surface area contributed by atoms with Crippen LogP contribution in [-0.4, -0.2) is 6.04 Å². The summed E-state index contributed by atoms with van der Waals surface area (Å²) in [6, 6.07) is 0.480. The van der Waals surface area contributed by atoms with E-state index in [2.05, 4.69) is 41.5 Å². The molecule has 1 nitrogen and oxygen atoms in total. The molecule has 4 rings (SSSR count). The Morgan fingerprint density at radius 2 is 1.41 bits per heavy atom. The van der Waals surface area contributed by atoms with Gasteiger partial charge in [0.05, 0.1) is 0 Å². The van der Waals surface area contributed by atoms with E-state index in [1.54, 1.807) is 0 Å². The minimum Gasteiger partial charge on any atom is -0.328 e. The Hall–Kier alpha value is -0.0400. The molecule has 0 amide bonds.